The van der Waals surface area contributed by atoms with E-state index in [1.165, 1.54) is 15.6 Å². The zero-order valence-electron chi connectivity index (χ0n) is 16.7. The van der Waals surface area contributed by atoms with E-state index in [0.717, 1.165) is 17.5 Å². The number of rotatable bonds is 5. The first kappa shape index (κ1) is 19.7. The van der Waals surface area contributed by atoms with Crippen LogP contribution in [-0.2, 0) is 11.2 Å². The van der Waals surface area contributed by atoms with Crippen LogP contribution in [0.4, 0.5) is 0 Å². The van der Waals surface area contributed by atoms with Gasteiger partial charge in [0.2, 0.25) is 0 Å². The van der Waals surface area contributed by atoms with Gasteiger partial charge in [-0.05, 0) is 52.6 Å². The van der Waals surface area contributed by atoms with Crippen LogP contribution in [0.3, 0.4) is 0 Å². The van der Waals surface area contributed by atoms with Crippen molar-refractivity contribution in [1.29, 1.82) is 0 Å². The molecule has 31 heavy (non-hydrogen) atoms. The van der Waals surface area contributed by atoms with Gasteiger partial charge < -0.3 is 0 Å². The number of thiophene rings is 1. The maximum atomic E-state index is 13.3. The third kappa shape index (κ3) is 4.05. The van der Waals surface area contributed by atoms with Crippen molar-refractivity contribution >= 4 is 50.8 Å². The second kappa shape index (κ2) is 8.50. The highest BCUT2D eigenvalue weighted by Crippen LogP contribution is 2.28. The summed E-state index contributed by atoms with van der Waals surface area (Å²) in [7, 11) is 0. The average Bonchev–Trinajstić information content (AvgIpc) is 3.35. The number of nitrogens with zero attached hydrogens (tertiary/aromatic N) is 2. The first-order chi connectivity index (χ1) is 15.2. The Labute approximate surface area is 189 Å². The van der Waals surface area contributed by atoms with Gasteiger partial charge in [0.1, 0.15) is 11.5 Å². The largest absolute Gasteiger partial charge is 0.290 e. The first-order valence-corrected chi connectivity index (χ1v) is 11.3. The number of carbonyl (C=O) groups excluding carboxylic acids is 1. The number of carbonyl (C=O) groups is 1. The molecule has 2 heterocycles. The molecule has 4 aromatic rings. The first-order valence-electron chi connectivity index (χ1n) is 10.1. The monoisotopic (exact) mass is 442 g/mol. The summed E-state index contributed by atoms with van der Waals surface area (Å²) in [5.41, 5.74) is 3.53. The maximum Gasteiger partial charge on any atom is 0.278 e. The molecule has 3 nitrogen and oxygen atoms in total. The molecule has 0 atom stereocenters. The fourth-order valence-corrected chi connectivity index (χ4v) is 4.86. The highest BCUT2D eigenvalue weighted by atomic mass is 35.5. The van der Waals surface area contributed by atoms with Gasteiger partial charge in [0.05, 0.1) is 0 Å². The second-order valence-electron chi connectivity index (χ2n) is 7.35. The predicted molar refractivity (Wildman–Crippen MR) is 130 cm³/mol. The minimum atomic E-state index is -0.0756. The quantitative estimate of drug-likeness (QED) is 0.328. The molecule has 0 fully saturated rings. The van der Waals surface area contributed by atoms with Gasteiger partial charge in [0.25, 0.3) is 5.91 Å². The standard InChI is InChI=1S/C26H19ClN2OS/c27-21-12-10-18(11-13-21)16-23-26(30)29(25(28-23)19-6-2-1-3-7-19)15-14-20-17-31-24-9-5-4-8-22(20)24/h1-13,16-17H,14-15H2. The second-order valence-corrected chi connectivity index (χ2v) is 8.69. The fraction of sp³-hybridized carbons (Fsp3) is 0.0769. The molecular formula is C26H19ClN2OS. The van der Waals surface area contributed by atoms with Crippen molar-refractivity contribution in [3.05, 3.63) is 112 Å². The van der Waals surface area contributed by atoms with Gasteiger partial charge in [-0.3, -0.25) is 9.69 Å². The van der Waals surface area contributed by atoms with Crippen molar-refractivity contribution in [3.63, 3.8) is 0 Å². The van der Waals surface area contributed by atoms with Crippen LogP contribution in [0, 0.1) is 0 Å². The van der Waals surface area contributed by atoms with Crippen molar-refractivity contribution in [1.82, 2.24) is 4.90 Å². The number of amidine groups is 1. The Morgan fingerprint density at radius 1 is 0.935 bits per heavy atom. The molecule has 0 bridgehead atoms. The molecule has 1 aliphatic rings. The van der Waals surface area contributed by atoms with Crippen molar-refractivity contribution in [2.24, 2.45) is 4.99 Å². The smallest absolute Gasteiger partial charge is 0.278 e. The van der Waals surface area contributed by atoms with Crippen LogP contribution in [0.1, 0.15) is 16.7 Å². The summed E-state index contributed by atoms with van der Waals surface area (Å²) in [6.07, 6.45) is 2.59. The summed E-state index contributed by atoms with van der Waals surface area (Å²) in [5.74, 6) is 0.624. The van der Waals surface area contributed by atoms with Crippen LogP contribution in [0.5, 0.6) is 0 Å². The van der Waals surface area contributed by atoms with E-state index in [2.05, 4.69) is 29.6 Å². The predicted octanol–water partition coefficient (Wildman–Crippen LogP) is 6.43. The minimum absolute atomic E-state index is 0.0756. The number of hydrogen-bond acceptors (Lipinski definition) is 3. The number of aliphatic imine (C=N–C) groups is 1. The molecule has 0 radical (unpaired) electrons. The molecule has 5 rings (SSSR count). The van der Waals surface area contributed by atoms with Gasteiger partial charge >= 0.3 is 0 Å². The Bertz CT molecular complexity index is 1310. The van der Waals surface area contributed by atoms with Crippen LogP contribution < -0.4 is 0 Å². The SMILES string of the molecule is O=C1C(=Cc2ccc(Cl)cc2)N=C(c2ccccc2)N1CCc1csc2ccccc12. The van der Waals surface area contributed by atoms with Gasteiger partial charge in [-0.1, -0.05) is 72.3 Å². The third-order valence-electron chi connectivity index (χ3n) is 5.32. The van der Waals surface area contributed by atoms with Gasteiger partial charge in [-0.15, -0.1) is 11.3 Å². The number of amides is 1. The molecule has 1 amide bonds. The Balaban J connectivity index is 1.46. The van der Waals surface area contributed by atoms with E-state index in [9.17, 15) is 4.79 Å². The van der Waals surface area contributed by atoms with E-state index in [0.29, 0.717) is 23.1 Å². The van der Waals surface area contributed by atoms with Crippen LogP contribution in [0.15, 0.2) is 94.9 Å². The molecule has 0 saturated carbocycles. The molecular weight excluding hydrogens is 424 g/mol. The van der Waals surface area contributed by atoms with Crippen LogP contribution >= 0.6 is 22.9 Å². The van der Waals surface area contributed by atoms with E-state index in [4.69, 9.17) is 16.6 Å². The van der Waals surface area contributed by atoms with Crippen LogP contribution in [-0.4, -0.2) is 23.2 Å². The summed E-state index contributed by atoms with van der Waals surface area (Å²) in [6, 6.07) is 25.7. The molecule has 0 saturated heterocycles. The topological polar surface area (TPSA) is 32.7 Å². The zero-order valence-corrected chi connectivity index (χ0v) is 18.2. The van der Waals surface area contributed by atoms with Crippen molar-refractivity contribution in [3.8, 4) is 0 Å². The van der Waals surface area contributed by atoms with Crippen LogP contribution in [0.25, 0.3) is 16.2 Å². The number of benzene rings is 3. The summed E-state index contributed by atoms with van der Waals surface area (Å²) in [4.78, 5) is 19.8. The molecule has 5 heteroatoms. The Hall–Kier alpha value is -3.21. The third-order valence-corrected chi connectivity index (χ3v) is 6.58. The highest BCUT2D eigenvalue weighted by Gasteiger charge is 2.30. The summed E-state index contributed by atoms with van der Waals surface area (Å²) < 4.78 is 1.27. The lowest BCUT2D eigenvalue weighted by molar-refractivity contribution is -0.122. The summed E-state index contributed by atoms with van der Waals surface area (Å²) in [5, 5.41) is 4.11. The van der Waals surface area contributed by atoms with E-state index >= 15 is 0 Å². The molecule has 0 N–H and O–H groups in total. The Morgan fingerprint density at radius 2 is 1.68 bits per heavy atom. The van der Waals surface area contributed by atoms with Crippen LogP contribution in [0.2, 0.25) is 5.02 Å². The van der Waals surface area contributed by atoms with Crippen molar-refractivity contribution in [2.45, 2.75) is 6.42 Å². The molecule has 3 aromatic carbocycles. The fourth-order valence-electron chi connectivity index (χ4n) is 3.74. The molecule has 1 aromatic heterocycles. The number of halogens is 1. The van der Waals surface area contributed by atoms with E-state index < -0.39 is 0 Å². The van der Waals surface area contributed by atoms with E-state index in [-0.39, 0.29) is 5.91 Å². The minimum Gasteiger partial charge on any atom is -0.290 e. The average molecular weight is 443 g/mol. The molecule has 0 spiro atoms. The van der Waals surface area contributed by atoms with E-state index in [1.54, 1.807) is 16.2 Å². The highest BCUT2D eigenvalue weighted by molar-refractivity contribution is 7.17. The molecule has 1 aliphatic heterocycles. The Morgan fingerprint density at radius 3 is 2.48 bits per heavy atom. The van der Waals surface area contributed by atoms with Gasteiger partial charge in [0, 0.05) is 21.8 Å². The Kier molecular flexibility index (Phi) is 5.41. The lowest BCUT2D eigenvalue weighted by Gasteiger charge is -2.18. The molecule has 0 aliphatic carbocycles. The van der Waals surface area contributed by atoms with Gasteiger partial charge in [0.15, 0.2) is 0 Å². The summed E-state index contributed by atoms with van der Waals surface area (Å²) in [6.45, 7) is 0.575. The maximum absolute atomic E-state index is 13.3. The lowest BCUT2D eigenvalue weighted by Crippen LogP contribution is -2.34. The normalized spacial score (nSPS) is 15.1. The number of hydrogen-bond donors (Lipinski definition) is 0. The van der Waals surface area contributed by atoms with E-state index in [1.807, 2.05) is 60.7 Å². The summed E-state index contributed by atoms with van der Waals surface area (Å²) >= 11 is 7.73. The molecule has 152 valence electrons. The molecule has 0 unspecified atom stereocenters. The van der Waals surface area contributed by atoms with Gasteiger partial charge in [-0.2, -0.15) is 0 Å². The van der Waals surface area contributed by atoms with Crippen molar-refractivity contribution in [2.75, 3.05) is 6.54 Å². The zero-order chi connectivity index (χ0) is 21.2. The van der Waals surface area contributed by atoms with Gasteiger partial charge in [-0.25, -0.2) is 4.99 Å². The lowest BCUT2D eigenvalue weighted by atomic mass is 10.1. The number of fused-ring (bicyclic) bond motifs is 1. The van der Waals surface area contributed by atoms with Crippen molar-refractivity contribution < 1.29 is 4.79 Å².